The van der Waals surface area contributed by atoms with Crippen molar-refractivity contribution in [1.29, 1.82) is 0 Å². The van der Waals surface area contributed by atoms with Gasteiger partial charge in [0.15, 0.2) is 0 Å². The van der Waals surface area contributed by atoms with E-state index in [0.717, 1.165) is 24.9 Å². The van der Waals surface area contributed by atoms with Crippen LogP contribution in [0.3, 0.4) is 0 Å². The molecular weight excluding hydrogens is 292 g/mol. The summed E-state index contributed by atoms with van der Waals surface area (Å²) in [5.74, 6) is 0.445. The van der Waals surface area contributed by atoms with Crippen LogP contribution in [-0.2, 0) is 4.79 Å². The Morgan fingerprint density at radius 2 is 2.17 bits per heavy atom. The summed E-state index contributed by atoms with van der Waals surface area (Å²) in [6.45, 7) is 4.89. The predicted molar refractivity (Wildman–Crippen MR) is 86.6 cm³/mol. The van der Waals surface area contributed by atoms with Crippen LogP contribution < -0.4 is 10.6 Å². The van der Waals surface area contributed by atoms with Gasteiger partial charge in [0.1, 0.15) is 6.04 Å². The highest BCUT2D eigenvalue weighted by atomic mass is 16.2. The first-order chi connectivity index (χ1) is 11.1. The maximum absolute atomic E-state index is 12.4. The molecule has 3 unspecified atom stereocenters. The van der Waals surface area contributed by atoms with Crippen molar-refractivity contribution >= 4 is 5.91 Å². The number of hydrogen-bond donors (Lipinski definition) is 2. The number of nitrogens with zero attached hydrogens (tertiary/aromatic N) is 4. The third-order valence-electron chi connectivity index (χ3n) is 4.28. The Morgan fingerprint density at radius 1 is 1.39 bits per heavy atom. The van der Waals surface area contributed by atoms with Gasteiger partial charge in [-0.15, -0.1) is 10.2 Å². The molecule has 1 aromatic heterocycles. The first-order valence-electron chi connectivity index (χ1n) is 8.04. The fourth-order valence-corrected chi connectivity index (χ4v) is 2.74. The van der Waals surface area contributed by atoms with Crippen LogP contribution in [0.4, 0.5) is 0 Å². The minimum atomic E-state index is -0.492. The van der Waals surface area contributed by atoms with Gasteiger partial charge in [-0.2, -0.15) is 4.80 Å². The van der Waals surface area contributed by atoms with Gasteiger partial charge in [-0.3, -0.25) is 4.79 Å². The molecule has 0 spiro atoms. The van der Waals surface area contributed by atoms with Gasteiger partial charge in [-0.05, 0) is 38.4 Å². The highest BCUT2D eigenvalue weighted by molar-refractivity contribution is 5.80. The Labute approximate surface area is 135 Å². The van der Waals surface area contributed by atoms with Crippen molar-refractivity contribution in [3.63, 3.8) is 0 Å². The lowest BCUT2D eigenvalue weighted by molar-refractivity contribution is -0.125. The third-order valence-corrected chi connectivity index (χ3v) is 4.28. The Kier molecular flexibility index (Phi) is 4.66. The van der Waals surface area contributed by atoms with E-state index in [-0.39, 0.29) is 18.0 Å². The first kappa shape index (κ1) is 15.6. The molecule has 7 heteroatoms. The van der Waals surface area contributed by atoms with E-state index in [0.29, 0.717) is 5.82 Å². The summed E-state index contributed by atoms with van der Waals surface area (Å²) in [7, 11) is 0. The maximum atomic E-state index is 12.4. The molecule has 3 rings (SSSR count). The van der Waals surface area contributed by atoms with Gasteiger partial charge >= 0.3 is 0 Å². The van der Waals surface area contributed by atoms with Crippen molar-refractivity contribution in [2.75, 3.05) is 6.54 Å². The standard InChI is InChI=1S/C16H22N6O/c1-11-14(9-6-10-17-11)18-16(23)12(2)22-20-15(19-21-22)13-7-4-3-5-8-13/h3-5,7-8,11-12,14,17H,6,9-10H2,1-2H3,(H,18,23). The van der Waals surface area contributed by atoms with Crippen LogP contribution >= 0.6 is 0 Å². The Balaban J connectivity index is 1.67. The number of amides is 1. The molecule has 0 bridgehead atoms. The number of benzene rings is 1. The zero-order chi connectivity index (χ0) is 16.2. The number of nitrogens with one attached hydrogen (secondary N) is 2. The van der Waals surface area contributed by atoms with Crippen molar-refractivity contribution in [1.82, 2.24) is 30.8 Å². The normalized spacial score (nSPS) is 22.5. The number of carbonyl (C=O) groups is 1. The highest BCUT2D eigenvalue weighted by Gasteiger charge is 2.26. The second kappa shape index (κ2) is 6.87. The Bertz CT molecular complexity index is 656. The number of piperidine rings is 1. The van der Waals surface area contributed by atoms with Crippen LogP contribution in [0.1, 0.15) is 32.7 Å². The molecule has 1 aliphatic heterocycles. The minimum absolute atomic E-state index is 0.0810. The third kappa shape index (κ3) is 3.56. The average molecular weight is 314 g/mol. The molecular formula is C16H22N6O. The van der Waals surface area contributed by atoms with E-state index in [1.165, 1.54) is 4.80 Å². The van der Waals surface area contributed by atoms with Crippen molar-refractivity contribution in [2.24, 2.45) is 0 Å². The molecule has 1 fully saturated rings. The van der Waals surface area contributed by atoms with Crippen molar-refractivity contribution in [3.8, 4) is 11.4 Å². The molecule has 7 nitrogen and oxygen atoms in total. The van der Waals surface area contributed by atoms with E-state index in [1.807, 2.05) is 30.3 Å². The largest absolute Gasteiger partial charge is 0.350 e. The summed E-state index contributed by atoms with van der Waals surface area (Å²) in [6, 6.07) is 9.55. The van der Waals surface area contributed by atoms with Crippen LogP contribution in [0, 0.1) is 0 Å². The molecule has 3 atom stereocenters. The van der Waals surface area contributed by atoms with E-state index in [9.17, 15) is 4.79 Å². The van der Waals surface area contributed by atoms with Crippen LogP contribution in [0.25, 0.3) is 11.4 Å². The number of rotatable bonds is 4. The lowest BCUT2D eigenvalue weighted by Crippen LogP contribution is -2.53. The zero-order valence-electron chi connectivity index (χ0n) is 13.4. The van der Waals surface area contributed by atoms with Gasteiger partial charge in [-0.1, -0.05) is 30.3 Å². The molecule has 2 aromatic rings. The molecule has 23 heavy (non-hydrogen) atoms. The fourth-order valence-electron chi connectivity index (χ4n) is 2.74. The molecule has 1 aromatic carbocycles. The van der Waals surface area contributed by atoms with Crippen molar-refractivity contribution in [2.45, 2.75) is 44.8 Å². The molecule has 0 radical (unpaired) electrons. The Hall–Kier alpha value is -2.28. The van der Waals surface area contributed by atoms with Crippen molar-refractivity contribution < 1.29 is 4.79 Å². The number of tetrazole rings is 1. The summed E-state index contributed by atoms with van der Waals surface area (Å²) in [5, 5.41) is 18.9. The molecule has 0 aliphatic carbocycles. The van der Waals surface area contributed by atoms with E-state index >= 15 is 0 Å². The second-order valence-electron chi connectivity index (χ2n) is 5.98. The minimum Gasteiger partial charge on any atom is -0.350 e. The van der Waals surface area contributed by atoms with Crippen LogP contribution in [-0.4, -0.2) is 44.7 Å². The number of hydrogen-bond acceptors (Lipinski definition) is 5. The van der Waals surface area contributed by atoms with Crippen molar-refractivity contribution in [3.05, 3.63) is 30.3 Å². The SMILES string of the molecule is CC1NCCCC1NC(=O)C(C)n1nnc(-c2ccccc2)n1. The monoisotopic (exact) mass is 314 g/mol. The molecule has 1 amide bonds. The summed E-state index contributed by atoms with van der Waals surface area (Å²) in [5.41, 5.74) is 0.886. The number of aromatic nitrogens is 4. The summed E-state index contributed by atoms with van der Waals surface area (Å²) < 4.78 is 0. The van der Waals surface area contributed by atoms with Gasteiger partial charge in [0.2, 0.25) is 11.7 Å². The maximum Gasteiger partial charge on any atom is 0.246 e. The summed E-state index contributed by atoms with van der Waals surface area (Å²) >= 11 is 0. The summed E-state index contributed by atoms with van der Waals surface area (Å²) in [4.78, 5) is 13.8. The van der Waals surface area contributed by atoms with E-state index in [1.54, 1.807) is 6.92 Å². The lowest BCUT2D eigenvalue weighted by atomic mass is 9.99. The molecule has 1 saturated heterocycles. The van der Waals surface area contributed by atoms with Gasteiger partial charge in [0.05, 0.1) is 0 Å². The quantitative estimate of drug-likeness (QED) is 0.884. The first-order valence-corrected chi connectivity index (χ1v) is 8.04. The van der Waals surface area contributed by atoms with Gasteiger partial charge in [0, 0.05) is 17.6 Å². The smallest absolute Gasteiger partial charge is 0.246 e. The van der Waals surface area contributed by atoms with Crippen LogP contribution in [0.5, 0.6) is 0 Å². The van der Waals surface area contributed by atoms with Gasteiger partial charge in [0.25, 0.3) is 0 Å². The molecule has 2 heterocycles. The van der Waals surface area contributed by atoms with E-state index in [2.05, 4.69) is 33.0 Å². The molecule has 122 valence electrons. The summed E-state index contributed by atoms with van der Waals surface area (Å²) in [6.07, 6.45) is 2.07. The highest BCUT2D eigenvalue weighted by Crippen LogP contribution is 2.14. The lowest BCUT2D eigenvalue weighted by Gasteiger charge is -2.31. The van der Waals surface area contributed by atoms with Gasteiger partial charge < -0.3 is 10.6 Å². The van der Waals surface area contributed by atoms with Crippen LogP contribution in [0.15, 0.2) is 30.3 Å². The zero-order valence-corrected chi connectivity index (χ0v) is 13.4. The van der Waals surface area contributed by atoms with Gasteiger partial charge in [-0.25, -0.2) is 0 Å². The Morgan fingerprint density at radius 3 is 2.91 bits per heavy atom. The predicted octanol–water partition coefficient (Wildman–Crippen LogP) is 1.16. The van der Waals surface area contributed by atoms with E-state index in [4.69, 9.17) is 0 Å². The molecule has 1 aliphatic rings. The fraction of sp³-hybridized carbons (Fsp3) is 0.500. The average Bonchev–Trinajstić information content (AvgIpc) is 3.07. The second-order valence-corrected chi connectivity index (χ2v) is 5.98. The van der Waals surface area contributed by atoms with Crippen LogP contribution in [0.2, 0.25) is 0 Å². The molecule has 0 saturated carbocycles. The number of carbonyl (C=O) groups excluding carboxylic acids is 1. The van der Waals surface area contributed by atoms with E-state index < -0.39 is 6.04 Å². The topological polar surface area (TPSA) is 84.7 Å². The molecule has 2 N–H and O–H groups in total.